The second-order valence-electron chi connectivity index (χ2n) is 5.33. The molecule has 1 unspecified atom stereocenters. The summed E-state index contributed by atoms with van der Waals surface area (Å²) in [7, 11) is 0. The van der Waals surface area contributed by atoms with Gasteiger partial charge < -0.3 is 14.5 Å². The van der Waals surface area contributed by atoms with Crippen molar-refractivity contribution in [1.82, 2.24) is 9.55 Å². The number of imidazole rings is 1. The Morgan fingerprint density at radius 2 is 1.85 bits per heavy atom. The van der Waals surface area contributed by atoms with Crippen LogP contribution in [0.15, 0.2) is 73.3 Å². The molecule has 3 rings (SSSR count). The highest BCUT2D eigenvalue weighted by atomic mass is 35.5. The zero-order valence-corrected chi connectivity index (χ0v) is 14.6. The van der Waals surface area contributed by atoms with E-state index in [1.54, 1.807) is 6.20 Å². The van der Waals surface area contributed by atoms with E-state index in [1.165, 1.54) is 0 Å². The third kappa shape index (κ3) is 6.92. The SMILES string of the molecule is Clc1ccc(COC(Cn2ccnc2)c2ccccc2)cc1.O=[N+]([O-])O. The zero-order valence-electron chi connectivity index (χ0n) is 13.8. The average Bonchev–Trinajstić information content (AvgIpc) is 3.13. The molecule has 0 aliphatic heterocycles. The van der Waals surface area contributed by atoms with Gasteiger partial charge >= 0.3 is 0 Å². The predicted molar refractivity (Wildman–Crippen MR) is 96.4 cm³/mol. The van der Waals surface area contributed by atoms with Gasteiger partial charge in [0.05, 0.1) is 19.5 Å². The molecule has 0 aliphatic carbocycles. The minimum absolute atomic E-state index is 0.0221. The number of hydrogen-bond acceptors (Lipinski definition) is 4. The lowest BCUT2D eigenvalue weighted by atomic mass is 10.1. The summed E-state index contributed by atoms with van der Waals surface area (Å²) in [6.07, 6.45) is 5.51. The van der Waals surface area contributed by atoms with E-state index in [0.717, 1.165) is 22.7 Å². The molecule has 7 nitrogen and oxygen atoms in total. The van der Waals surface area contributed by atoms with Crippen molar-refractivity contribution in [2.45, 2.75) is 19.3 Å². The summed E-state index contributed by atoms with van der Waals surface area (Å²) in [6, 6.07) is 18.0. The largest absolute Gasteiger partial charge is 0.367 e. The molecule has 3 aromatic rings. The molecule has 8 heteroatoms. The topological polar surface area (TPSA) is 90.4 Å². The summed E-state index contributed by atoms with van der Waals surface area (Å²) < 4.78 is 8.16. The van der Waals surface area contributed by atoms with Crippen LogP contribution in [0.1, 0.15) is 17.2 Å². The Morgan fingerprint density at radius 1 is 1.19 bits per heavy atom. The van der Waals surface area contributed by atoms with Crippen LogP contribution < -0.4 is 0 Å². The Morgan fingerprint density at radius 3 is 2.42 bits per heavy atom. The van der Waals surface area contributed by atoms with Crippen LogP contribution in [0.25, 0.3) is 0 Å². The van der Waals surface area contributed by atoms with Crippen molar-refractivity contribution < 1.29 is 15.0 Å². The average molecular weight is 376 g/mol. The summed E-state index contributed by atoms with van der Waals surface area (Å²) in [6.45, 7) is 1.28. The highest BCUT2D eigenvalue weighted by molar-refractivity contribution is 6.30. The van der Waals surface area contributed by atoms with Crippen molar-refractivity contribution >= 4 is 11.6 Å². The van der Waals surface area contributed by atoms with E-state index in [9.17, 15) is 0 Å². The van der Waals surface area contributed by atoms with Crippen molar-refractivity contribution in [2.75, 3.05) is 0 Å². The summed E-state index contributed by atoms with van der Waals surface area (Å²) in [4.78, 5) is 12.5. The van der Waals surface area contributed by atoms with E-state index in [-0.39, 0.29) is 6.10 Å². The lowest BCUT2D eigenvalue weighted by molar-refractivity contribution is -0.742. The Kier molecular flexibility index (Phi) is 7.60. The van der Waals surface area contributed by atoms with Crippen LogP contribution in [0.3, 0.4) is 0 Å². The molecule has 1 heterocycles. The first kappa shape index (κ1) is 19.4. The monoisotopic (exact) mass is 375 g/mol. The van der Waals surface area contributed by atoms with Gasteiger partial charge in [-0.1, -0.05) is 54.1 Å². The molecular formula is C18H18ClN3O4. The molecule has 1 N–H and O–H groups in total. The number of rotatable bonds is 6. The molecular weight excluding hydrogens is 358 g/mol. The summed E-state index contributed by atoms with van der Waals surface area (Å²) in [5, 5.41) is 14.4. The highest BCUT2D eigenvalue weighted by Gasteiger charge is 2.12. The highest BCUT2D eigenvalue weighted by Crippen LogP contribution is 2.21. The molecule has 0 aliphatic rings. The van der Waals surface area contributed by atoms with Crippen LogP contribution in [0.4, 0.5) is 0 Å². The van der Waals surface area contributed by atoms with E-state index >= 15 is 0 Å². The molecule has 0 amide bonds. The molecule has 0 fully saturated rings. The van der Waals surface area contributed by atoms with Crippen molar-refractivity contribution in [3.05, 3.63) is 99.6 Å². The Bertz CT molecular complexity index is 776. The Hall–Kier alpha value is -2.90. The first-order chi connectivity index (χ1) is 12.5. The third-order valence-corrected chi connectivity index (χ3v) is 3.72. The van der Waals surface area contributed by atoms with E-state index in [4.69, 9.17) is 31.7 Å². The number of halogens is 1. The molecule has 0 bridgehead atoms. The number of aromatic nitrogens is 2. The Labute approximate surface area is 155 Å². The van der Waals surface area contributed by atoms with Crippen molar-refractivity contribution in [2.24, 2.45) is 0 Å². The third-order valence-electron chi connectivity index (χ3n) is 3.47. The van der Waals surface area contributed by atoms with Gasteiger partial charge in [0.2, 0.25) is 0 Å². The number of ether oxygens (including phenoxy) is 1. The fourth-order valence-electron chi connectivity index (χ4n) is 2.29. The number of benzene rings is 2. The van der Waals surface area contributed by atoms with Gasteiger partial charge in [-0.2, -0.15) is 0 Å². The lowest BCUT2D eigenvalue weighted by Crippen LogP contribution is -2.12. The van der Waals surface area contributed by atoms with Crippen LogP contribution in [0, 0.1) is 10.1 Å². The maximum absolute atomic E-state index is 8.36. The minimum Gasteiger partial charge on any atom is -0.367 e. The van der Waals surface area contributed by atoms with E-state index in [2.05, 4.69) is 17.1 Å². The van der Waals surface area contributed by atoms with Crippen LogP contribution in [0.2, 0.25) is 5.02 Å². The van der Waals surface area contributed by atoms with Gasteiger partial charge in [0, 0.05) is 17.4 Å². The van der Waals surface area contributed by atoms with Gasteiger partial charge in [-0.25, -0.2) is 4.98 Å². The fourth-order valence-corrected chi connectivity index (χ4v) is 2.41. The van der Waals surface area contributed by atoms with Gasteiger partial charge in [0.15, 0.2) is 0 Å². The van der Waals surface area contributed by atoms with E-state index in [0.29, 0.717) is 6.61 Å². The van der Waals surface area contributed by atoms with Gasteiger partial charge in [-0.3, -0.25) is 0 Å². The van der Waals surface area contributed by atoms with Gasteiger partial charge in [0.25, 0.3) is 5.09 Å². The molecule has 1 atom stereocenters. The normalized spacial score (nSPS) is 11.3. The first-order valence-electron chi connectivity index (χ1n) is 7.74. The minimum atomic E-state index is -1.50. The molecule has 0 radical (unpaired) electrons. The van der Waals surface area contributed by atoms with Crippen molar-refractivity contribution in [3.63, 3.8) is 0 Å². The van der Waals surface area contributed by atoms with Crippen molar-refractivity contribution in [3.8, 4) is 0 Å². The zero-order chi connectivity index (χ0) is 18.8. The molecule has 0 saturated carbocycles. The standard InChI is InChI=1S/C18H17ClN2O.HNO3/c19-17-8-6-15(7-9-17)13-22-18(12-21-11-10-20-14-21)16-4-2-1-3-5-16;2-1(3)4/h1-11,14,18H,12-13H2;(H,2,3,4). The summed E-state index contributed by atoms with van der Waals surface area (Å²) in [5.74, 6) is 0. The molecule has 26 heavy (non-hydrogen) atoms. The van der Waals surface area contributed by atoms with Gasteiger partial charge in [-0.15, -0.1) is 10.1 Å². The summed E-state index contributed by atoms with van der Waals surface area (Å²) >= 11 is 5.91. The first-order valence-corrected chi connectivity index (χ1v) is 8.12. The second-order valence-corrected chi connectivity index (χ2v) is 5.77. The second kappa shape index (κ2) is 10.2. The van der Waals surface area contributed by atoms with E-state index in [1.807, 2.05) is 59.6 Å². The summed E-state index contributed by atoms with van der Waals surface area (Å²) in [5.41, 5.74) is 2.26. The van der Waals surface area contributed by atoms with Crippen LogP contribution in [0.5, 0.6) is 0 Å². The van der Waals surface area contributed by atoms with Crippen LogP contribution in [-0.4, -0.2) is 19.8 Å². The molecule has 136 valence electrons. The Balaban J connectivity index is 0.000000552. The van der Waals surface area contributed by atoms with E-state index < -0.39 is 5.09 Å². The smallest absolute Gasteiger partial charge is 0.291 e. The maximum atomic E-state index is 8.36. The van der Waals surface area contributed by atoms with Crippen LogP contribution in [-0.2, 0) is 17.9 Å². The predicted octanol–water partition coefficient (Wildman–Crippen LogP) is 4.15. The fraction of sp³-hybridized carbons (Fsp3) is 0.167. The van der Waals surface area contributed by atoms with Crippen molar-refractivity contribution in [1.29, 1.82) is 0 Å². The number of hydrogen-bond donors (Lipinski definition) is 1. The molecule has 0 spiro atoms. The lowest BCUT2D eigenvalue weighted by Gasteiger charge is -2.19. The molecule has 1 aromatic heterocycles. The van der Waals surface area contributed by atoms with Crippen LogP contribution >= 0.6 is 11.6 Å². The van der Waals surface area contributed by atoms with Gasteiger partial charge in [-0.05, 0) is 23.3 Å². The number of nitrogens with zero attached hydrogens (tertiary/aromatic N) is 3. The molecule has 0 saturated heterocycles. The maximum Gasteiger partial charge on any atom is 0.291 e. The van der Waals surface area contributed by atoms with Gasteiger partial charge in [0.1, 0.15) is 6.10 Å². The molecule has 2 aromatic carbocycles. The quantitative estimate of drug-likeness (QED) is 0.516.